The van der Waals surface area contributed by atoms with Crippen molar-refractivity contribution in [3.8, 4) is 0 Å². The predicted molar refractivity (Wildman–Crippen MR) is 165 cm³/mol. The minimum atomic E-state index is -2.39. The molecule has 1 aliphatic rings. The van der Waals surface area contributed by atoms with Gasteiger partial charge in [-0.3, -0.25) is 0 Å². The third-order valence-electron chi connectivity index (χ3n) is 7.73. The lowest BCUT2D eigenvalue weighted by Crippen LogP contribution is -2.64. The Labute approximate surface area is 249 Å². The molecule has 6 nitrogen and oxygen atoms in total. The van der Waals surface area contributed by atoms with Crippen LogP contribution in [0.2, 0.25) is 18.1 Å². The van der Waals surface area contributed by atoms with E-state index in [0.29, 0.717) is 13.2 Å². The van der Waals surface area contributed by atoms with Gasteiger partial charge in [-0.15, -0.1) is 0 Å². The molecule has 8 heteroatoms. The van der Waals surface area contributed by atoms with Crippen molar-refractivity contribution in [1.82, 2.24) is 0 Å². The van der Waals surface area contributed by atoms with E-state index in [9.17, 15) is 4.79 Å². The van der Waals surface area contributed by atoms with Crippen molar-refractivity contribution in [2.45, 2.75) is 86.9 Å². The molecule has 0 unspecified atom stereocenters. The SMILES string of the molecule is COC(=O)[C@H]1O[C@@H](Sc2ccccc2)[C@H](OCc2ccccc2)[C@@H](OCc2ccccc2)[C@@H]1O[Si](C)(C)C(C)(C)C. The van der Waals surface area contributed by atoms with Crippen LogP contribution in [0.4, 0.5) is 0 Å². The molecule has 1 fully saturated rings. The molecular formula is C33H42O6SSi. The van der Waals surface area contributed by atoms with E-state index in [2.05, 4.69) is 33.9 Å². The molecule has 0 spiro atoms. The van der Waals surface area contributed by atoms with E-state index in [-0.39, 0.29) is 5.04 Å². The lowest BCUT2D eigenvalue weighted by molar-refractivity contribution is -0.233. The summed E-state index contributed by atoms with van der Waals surface area (Å²) in [6, 6.07) is 30.0. The number of methoxy groups -OCH3 is 1. The fraction of sp³-hybridized carbons (Fsp3) is 0.424. The standard InChI is InChI=1S/C33H42O6SSi/c1-33(2,3)41(5,6)39-28-27(36-22-24-16-10-7-11-17-24)30(37-23-25-18-12-8-13-19-25)32(38-29(28)31(34)35-4)40-26-20-14-9-15-21-26/h7-21,27-30,32H,22-23H2,1-6H3/t27-,28-,29-,30+,32-/m0/s1. The average Bonchev–Trinajstić information content (AvgIpc) is 2.96. The number of ether oxygens (including phenoxy) is 4. The Morgan fingerprint density at radius 3 is 1.76 bits per heavy atom. The summed E-state index contributed by atoms with van der Waals surface area (Å²) in [6.45, 7) is 11.6. The van der Waals surface area contributed by atoms with E-state index in [1.54, 1.807) is 0 Å². The van der Waals surface area contributed by atoms with Gasteiger partial charge in [0, 0.05) is 4.90 Å². The van der Waals surface area contributed by atoms with Crippen LogP contribution in [-0.4, -0.2) is 51.2 Å². The lowest BCUT2D eigenvalue weighted by atomic mass is 9.99. The molecule has 220 valence electrons. The number of hydrogen-bond donors (Lipinski definition) is 0. The van der Waals surface area contributed by atoms with Crippen molar-refractivity contribution in [2.75, 3.05) is 7.11 Å². The average molecular weight is 595 g/mol. The van der Waals surface area contributed by atoms with Gasteiger partial charge in [-0.05, 0) is 41.4 Å². The van der Waals surface area contributed by atoms with Gasteiger partial charge in [0.05, 0.1) is 20.3 Å². The second kappa shape index (κ2) is 14.1. The molecule has 0 saturated carbocycles. The summed E-state index contributed by atoms with van der Waals surface area (Å²) in [4.78, 5) is 14.3. The van der Waals surface area contributed by atoms with E-state index in [1.807, 2.05) is 91.0 Å². The summed E-state index contributed by atoms with van der Waals surface area (Å²) in [5.74, 6) is -0.484. The number of carbonyl (C=O) groups excluding carboxylic acids is 1. The zero-order chi connectivity index (χ0) is 29.5. The summed E-state index contributed by atoms with van der Waals surface area (Å²) in [6.07, 6.45) is -2.85. The Morgan fingerprint density at radius 1 is 0.780 bits per heavy atom. The summed E-state index contributed by atoms with van der Waals surface area (Å²) in [7, 11) is -1.00. The monoisotopic (exact) mass is 594 g/mol. The Kier molecular flexibility index (Phi) is 10.9. The number of carbonyl (C=O) groups is 1. The first-order valence-electron chi connectivity index (χ1n) is 14.0. The van der Waals surface area contributed by atoms with E-state index in [0.717, 1.165) is 16.0 Å². The van der Waals surface area contributed by atoms with Crippen LogP contribution in [0.25, 0.3) is 0 Å². The summed E-state index contributed by atoms with van der Waals surface area (Å²) in [5.41, 5.74) is 1.51. The summed E-state index contributed by atoms with van der Waals surface area (Å²) >= 11 is 1.51. The van der Waals surface area contributed by atoms with Crippen molar-refractivity contribution < 1.29 is 28.2 Å². The normalized spacial score (nSPS) is 23.2. The fourth-order valence-electron chi connectivity index (χ4n) is 4.39. The highest BCUT2D eigenvalue weighted by molar-refractivity contribution is 7.99. The Bertz CT molecular complexity index is 1220. The van der Waals surface area contributed by atoms with Crippen LogP contribution in [0.3, 0.4) is 0 Å². The summed E-state index contributed by atoms with van der Waals surface area (Å²) in [5, 5.41) is -0.103. The second-order valence-electron chi connectivity index (χ2n) is 11.7. The van der Waals surface area contributed by atoms with Gasteiger partial charge in [0.25, 0.3) is 0 Å². The Hall–Kier alpha value is -2.46. The maximum atomic E-state index is 13.3. The molecule has 0 bridgehead atoms. The molecule has 0 N–H and O–H groups in total. The smallest absolute Gasteiger partial charge is 0.337 e. The molecule has 3 aromatic rings. The third-order valence-corrected chi connectivity index (χ3v) is 13.4. The number of esters is 1. The number of thioether (sulfide) groups is 1. The van der Waals surface area contributed by atoms with Crippen molar-refractivity contribution >= 4 is 26.0 Å². The minimum absolute atomic E-state index is 0.103. The van der Waals surface area contributed by atoms with Crippen LogP contribution < -0.4 is 0 Å². The van der Waals surface area contributed by atoms with E-state index in [4.69, 9.17) is 23.4 Å². The minimum Gasteiger partial charge on any atom is -0.467 e. The van der Waals surface area contributed by atoms with Crippen molar-refractivity contribution in [1.29, 1.82) is 0 Å². The van der Waals surface area contributed by atoms with Crippen LogP contribution in [0.1, 0.15) is 31.9 Å². The summed E-state index contributed by atoms with van der Waals surface area (Å²) < 4.78 is 32.2. The Balaban J connectivity index is 1.75. The molecule has 0 aromatic heterocycles. The second-order valence-corrected chi connectivity index (χ2v) is 17.7. The molecule has 3 aromatic carbocycles. The van der Waals surface area contributed by atoms with Gasteiger partial charge in [0.2, 0.25) is 0 Å². The van der Waals surface area contributed by atoms with Crippen LogP contribution >= 0.6 is 11.8 Å². The zero-order valence-corrected chi connectivity index (χ0v) is 26.6. The number of benzene rings is 3. The first-order valence-corrected chi connectivity index (χ1v) is 17.8. The number of hydrogen-bond acceptors (Lipinski definition) is 7. The van der Waals surface area contributed by atoms with Crippen LogP contribution in [-0.2, 0) is 41.4 Å². The molecule has 0 amide bonds. The molecule has 1 saturated heterocycles. The molecule has 41 heavy (non-hydrogen) atoms. The van der Waals surface area contributed by atoms with Gasteiger partial charge in [-0.2, -0.15) is 0 Å². The molecule has 4 rings (SSSR count). The van der Waals surface area contributed by atoms with Crippen molar-refractivity contribution in [3.63, 3.8) is 0 Å². The molecule has 1 heterocycles. The maximum Gasteiger partial charge on any atom is 0.337 e. The molecule has 5 atom stereocenters. The molecule has 1 aliphatic heterocycles. The lowest BCUT2D eigenvalue weighted by Gasteiger charge is -2.49. The maximum absolute atomic E-state index is 13.3. The van der Waals surface area contributed by atoms with Gasteiger partial charge in [-0.25, -0.2) is 4.79 Å². The first-order chi connectivity index (χ1) is 19.6. The topological polar surface area (TPSA) is 63.2 Å². The largest absolute Gasteiger partial charge is 0.467 e. The van der Waals surface area contributed by atoms with Gasteiger partial charge in [0.1, 0.15) is 23.7 Å². The molecule has 0 radical (unpaired) electrons. The zero-order valence-electron chi connectivity index (χ0n) is 24.8. The van der Waals surface area contributed by atoms with Gasteiger partial charge >= 0.3 is 5.97 Å². The first kappa shape index (κ1) is 31.5. The highest BCUT2D eigenvalue weighted by Gasteiger charge is 2.54. The van der Waals surface area contributed by atoms with E-state index >= 15 is 0 Å². The highest BCUT2D eigenvalue weighted by Crippen LogP contribution is 2.43. The fourth-order valence-corrected chi connectivity index (χ4v) is 6.81. The van der Waals surface area contributed by atoms with Gasteiger partial charge in [-0.1, -0.05) is 111 Å². The molecule has 0 aliphatic carbocycles. The van der Waals surface area contributed by atoms with Crippen LogP contribution in [0.15, 0.2) is 95.9 Å². The quantitative estimate of drug-likeness (QED) is 0.171. The van der Waals surface area contributed by atoms with Crippen LogP contribution in [0.5, 0.6) is 0 Å². The predicted octanol–water partition coefficient (Wildman–Crippen LogP) is 7.24. The van der Waals surface area contributed by atoms with E-state index < -0.39 is 44.1 Å². The number of rotatable bonds is 11. The van der Waals surface area contributed by atoms with Crippen molar-refractivity contribution in [2.24, 2.45) is 0 Å². The van der Waals surface area contributed by atoms with Gasteiger partial charge < -0.3 is 23.4 Å². The van der Waals surface area contributed by atoms with E-state index in [1.165, 1.54) is 18.9 Å². The Morgan fingerprint density at radius 2 is 1.27 bits per heavy atom. The van der Waals surface area contributed by atoms with Crippen molar-refractivity contribution in [3.05, 3.63) is 102 Å². The van der Waals surface area contributed by atoms with Crippen LogP contribution in [0, 0.1) is 0 Å². The molecular weight excluding hydrogens is 553 g/mol. The third kappa shape index (κ3) is 8.31. The van der Waals surface area contributed by atoms with Gasteiger partial charge in [0.15, 0.2) is 14.4 Å². The highest BCUT2D eigenvalue weighted by atomic mass is 32.2.